The minimum atomic E-state index is 0.314. The molecule has 3 heterocycles. The summed E-state index contributed by atoms with van der Waals surface area (Å²) in [4.78, 5) is 23.4. The molecule has 0 radical (unpaired) electrons. The Kier molecular flexibility index (Phi) is 5.49. The molecule has 0 saturated carbocycles. The van der Waals surface area contributed by atoms with Gasteiger partial charge < -0.3 is 14.7 Å². The monoisotopic (exact) mass is 316 g/mol. The second-order valence-corrected chi connectivity index (χ2v) is 6.88. The minimum absolute atomic E-state index is 0.314. The number of carbonyl (C=O) groups excluding carboxylic acids is 1. The van der Waals surface area contributed by atoms with Crippen LogP contribution in [0.4, 0.5) is 5.69 Å². The van der Waals surface area contributed by atoms with Crippen molar-refractivity contribution in [2.24, 2.45) is 5.92 Å². The number of likely N-dealkylation sites (tertiary alicyclic amines) is 1. The maximum absolute atomic E-state index is 12.4. The van der Waals surface area contributed by atoms with Crippen LogP contribution in [0.25, 0.3) is 0 Å². The van der Waals surface area contributed by atoms with E-state index in [9.17, 15) is 4.79 Å². The first-order chi connectivity index (χ1) is 11.2. The first-order valence-electron chi connectivity index (χ1n) is 8.87. The lowest BCUT2D eigenvalue weighted by atomic mass is 10.0. The van der Waals surface area contributed by atoms with Crippen molar-refractivity contribution >= 4 is 11.6 Å². The van der Waals surface area contributed by atoms with Gasteiger partial charge in [0.25, 0.3) is 0 Å². The van der Waals surface area contributed by atoms with Crippen LogP contribution in [0, 0.1) is 5.92 Å². The van der Waals surface area contributed by atoms with Crippen molar-refractivity contribution in [3.8, 4) is 0 Å². The van der Waals surface area contributed by atoms with E-state index in [-0.39, 0.29) is 0 Å². The summed E-state index contributed by atoms with van der Waals surface area (Å²) in [5, 5.41) is 0. The number of pyridine rings is 1. The smallest absolute Gasteiger partial charge is 0.223 e. The Balaban J connectivity index is 1.41. The summed E-state index contributed by atoms with van der Waals surface area (Å²) < 4.78 is 0. The molecular formula is C18H28N4O. The number of piperidine rings is 1. The fraction of sp³-hybridized carbons (Fsp3) is 0.667. The van der Waals surface area contributed by atoms with Gasteiger partial charge in [0, 0.05) is 51.9 Å². The topological polar surface area (TPSA) is 39.7 Å². The molecule has 1 unspecified atom stereocenters. The molecule has 1 amide bonds. The molecule has 1 aromatic rings. The van der Waals surface area contributed by atoms with Crippen molar-refractivity contribution in [3.63, 3.8) is 0 Å². The van der Waals surface area contributed by atoms with E-state index in [1.54, 1.807) is 6.20 Å². The van der Waals surface area contributed by atoms with Crippen molar-refractivity contribution < 1.29 is 4.79 Å². The average molecular weight is 316 g/mol. The molecule has 0 bridgehead atoms. The van der Waals surface area contributed by atoms with Crippen molar-refractivity contribution in [2.75, 3.05) is 50.7 Å². The number of hydrogen-bond acceptors (Lipinski definition) is 4. The molecular weight excluding hydrogens is 288 g/mol. The molecule has 1 atom stereocenters. The first kappa shape index (κ1) is 16.2. The zero-order chi connectivity index (χ0) is 16.1. The number of amides is 1. The molecule has 2 aliphatic rings. The Bertz CT molecular complexity index is 499. The van der Waals surface area contributed by atoms with Gasteiger partial charge in [0.2, 0.25) is 5.91 Å². The predicted molar refractivity (Wildman–Crippen MR) is 92.5 cm³/mol. The van der Waals surface area contributed by atoms with E-state index in [4.69, 9.17) is 0 Å². The predicted octanol–water partition coefficient (Wildman–Crippen LogP) is 1.85. The van der Waals surface area contributed by atoms with E-state index >= 15 is 0 Å². The number of aromatic nitrogens is 1. The number of rotatable bonds is 4. The van der Waals surface area contributed by atoms with Crippen LogP contribution in [0.15, 0.2) is 24.5 Å². The summed E-state index contributed by atoms with van der Waals surface area (Å²) in [6.07, 6.45) is 6.97. The van der Waals surface area contributed by atoms with Crippen molar-refractivity contribution in [3.05, 3.63) is 24.5 Å². The van der Waals surface area contributed by atoms with Crippen LogP contribution in [-0.2, 0) is 4.79 Å². The summed E-state index contributed by atoms with van der Waals surface area (Å²) in [6.45, 7) is 9.00. The normalized spacial score (nSPS) is 23.1. The molecule has 1 aromatic heterocycles. The number of anilines is 1. The number of piperazine rings is 1. The second kappa shape index (κ2) is 7.77. The average Bonchev–Trinajstić information content (AvgIpc) is 2.61. The second-order valence-electron chi connectivity index (χ2n) is 6.88. The Morgan fingerprint density at radius 2 is 2.09 bits per heavy atom. The Labute approximate surface area is 139 Å². The molecule has 126 valence electrons. The number of nitrogens with zero attached hydrogens (tertiary/aromatic N) is 4. The molecule has 23 heavy (non-hydrogen) atoms. The quantitative estimate of drug-likeness (QED) is 0.850. The third-order valence-electron chi connectivity index (χ3n) is 5.03. The molecule has 0 spiro atoms. The third kappa shape index (κ3) is 4.44. The van der Waals surface area contributed by atoms with Gasteiger partial charge in [-0.15, -0.1) is 0 Å². The lowest BCUT2D eigenvalue weighted by Gasteiger charge is -2.36. The highest BCUT2D eigenvalue weighted by Gasteiger charge is 2.22. The summed E-state index contributed by atoms with van der Waals surface area (Å²) in [5.74, 6) is 1.09. The van der Waals surface area contributed by atoms with E-state index < -0.39 is 0 Å². The van der Waals surface area contributed by atoms with E-state index in [0.29, 0.717) is 12.3 Å². The standard InChI is InChI=1S/C18H28N4O/c1-16-4-3-8-20(15-16)9-6-18(23)22-12-10-21(11-13-22)17-5-2-7-19-14-17/h2,5,7,14,16H,3-4,6,8-13,15H2,1H3. The van der Waals surface area contributed by atoms with Gasteiger partial charge in [-0.2, -0.15) is 0 Å². The van der Waals surface area contributed by atoms with Gasteiger partial charge in [-0.3, -0.25) is 9.78 Å². The maximum Gasteiger partial charge on any atom is 0.223 e. The molecule has 2 aliphatic heterocycles. The van der Waals surface area contributed by atoms with Crippen LogP contribution in [0.1, 0.15) is 26.2 Å². The largest absolute Gasteiger partial charge is 0.367 e. The molecule has 0 aliphatic carbocycles. The molecule has 0 aromatic carbocycles. The van der Waals surface area contributed by atoms with Gasteiger partial charge >= 0.3 is 0 Å². The van der Waals surface area contributed by atoms with Gasteiger partial charge in [0.05, 0.1) is 11.9 Å². The fourth-order valence-electron chi connectivity index (χ4n) is 3.66. The Morgan fingerprint density at radius 1 is 1.26 bits per heavy atom. The summed E-state index contributed by atoms with van der Waals surface area (Å²) in [7, 11) is 0. The van der Waals surface area contributed by atoms with Crippen LogP contribution >= 0.6 is 0 Å². The zero-order valence-corrected chi connectivity index (χ0v) is 14.2. The van der Waals surface area contributed by atoms with E-state index in [1.165, 1.54) is 12.8 Å². The van der Waals surface area contributed by atoms with Gasteiger partial charge in [0.15, 0.2) is 0 Å². The van der Waals surface area contributed by atoms with Crippen LogP contribution in [0.2, 0.25) is 0 Å². The summed E-state index contributed by atoms with van der Waals surface area (Å²) >= 11 is 0. The molecule has 2 saturated heterocycles. The molecule has 3 rings (SSSR count). The van der Waals surface area contributed by atoms with Crippen LogP contribution in [0.3, 0.4) is 0 Å². The van der Waals surface area contributed by atoms with E-state index in [2.05, 4.69) is 27.8 Å². The van der Waals surface area contributed by atoms with Crippen molar-refractivity contribution in [1.29, 1.82) is 0 Å². The SMILES string of the molecule is CC1CCCN(CCC(=O)N2CCN(c3cccnc3)CC2)C1. The number of carbonyl (C=O) groups is 1. The highest BCUT2D eigenvalue weighted by atomic mass is 16.2. The zero-order valence-electron chi connectivity index (χ0n) is 14.2. The molecule has 5 heteroatoms. The van der Waals surface area contributed by atoms with Crippen LogP contribution in [0.5, 0.6) is 0 Å². The third-order valence-corrected chi connectivity index (χ3v) is 5.03. The van der Waals surface area contributed by atoms with Gasteiger partial charge in [-0.1, -0.05) is 6.92 Å². The van der Waals surface area contributed by atoms with Crippen molar-refractivity contribution in [1.82, 2.24) is 14.8 Å². The van der Waals surface area contributed by atoms with Crippen LogP contribution in [-0.4, -0.2) is 66.5 Å². The lowest BCUT2D eigenvalue weighted by Crippen LogP contribution is -2.49. The summed E-state index contributed by atoms with van der Waals surface area (Å²) in [6, 6.07) is 4.05. The van der Waals surface area contributed by atoms with E-state index in [1.807, 2.05) is 17.2 Å². The highest BCUT2D eigenvalue weighted by Crippen LogP contribution is 2.17. The highest BCUT2D eigenvalue weighted by molar-refractivity contribution is 5.76. The van der Waals surface area contributed by atoms with Gasteiger partial charge in [-0.05, 0) is 37.4 Å². The molecule has 0 N–H and O–H groups in total. The maximum atomic E-state index is 12.4. The van der Waals surface area contributed by atoms with Gasteiger partial charge in [0.1, 0.15) is 0 Å². The van der Waals surface area contributed by atoms with E-state index in [0.717, 1.165) is 57.4 Å². The molecule has 2 fully saturated rings. The summed E-state index contributed by atoms with van der Waals surface area (Å²) in [5.41, 5.74) is 1.15. The Morgan fingerprint density at radius 3 is 2.78 bits per heavy atom. The first-order valence-corrected chi connectivity index (χ1v) is 8.87. The number of hydrogen-bond donors (Lipinski definition) is 0. The van der Waals surface area contributed by atoms with Crippen LogP contribution < -0.4 is 4.90 Å². The van der Waals surface area contributed by atoms with Crippen molar-refractivity contribution in [2.45, 2.75) is 26.2 Å². The Hall–Kier alpha value is -1.62. The fourth-order valence-corrected chi connectivity index (χ4v) is 3.66. The van der Waals surface area contributed by atoms with Gasteiger partial charge in [-0.25, -0.2) is 0 Å². The minimum Gasteiger partial charge on any atom is -0.367 e. The lowest BCUT2D eigenvalue weighted by molar-refractivity contribution is -0.131. The molecule has 5 nitrogen and oxygen atoms in total.